The van der Waals surface area contributed by atoms with Crippen molar-refractivity contribution < 1.29 is 0 Å². The zero-order valence-electron chi connectivity index (χ0n) is 10.8. The highest BCUT2D eigenvalue weighted by Gasteiger charge is 2.23. The fourth-order valence-electron chi connectivity index (χ4n) is 2.81. The third-order valence-corrected chi connectivity index (χ3v) is 3.99. The maximum absolute atomic E-state index is 4.64. The van der Waals surface area contributed by atoms with Gasteiger partial charge in [-0.3, -0.25) is 0 Å². The van der Waals surface area contributed by atoms with Gasteiger partial charge in [0, 0.05) is 18.8 Å². The molecule has 0 saturated heterocycles. The number of hydrogen-bond acceptors (Lipinski definition) is 2. The first-order valence-electron chi connectivity index (χ1n) is 7.11. The first kappa shape index (κ1) is 11.1. The van der Waals surface area contributed by atoms with Crippen LogP contribution in [-0.2, 0) is 6.54 Å². The summed E-state index contributed by atoms with van der Waals surface area (Å²) in [7, 11) is 0. The van der Waals surface area contributed by atoms with Gasteiger partial charge in [-0.1, -0.05) is 19.3 Å². The van der Waals surface area contributed by atoms with Gasteiger partial charge in [0.2, 0.25) is 5.95 Å². The molecular formula is C14H23N3. The Balaban J connectivity index is 1.67. The third-order valence-electron chi connectivity index (χ3n) is 3.99. The Morgan fingerprint density at radius 1 is 1.24 bits per heavy atom. The molecule has 94 valence electrons. The molecule has 2 fully saturated rings. The second kappa shape index (κ2) is 4.71. The van der Waals surface area contributed by atoms with Gasteiger partial charge in [-0.15, -0.1) is 0 Å². The van der Waals surface area contributed by atoms with Crippen molar-refractivity contribution in [3.8, 4) is 0 Å². The zero-order chi connectivity index (χ0) is 11.7. The average Bonchev–Trinajstić information content (AvgIpc) is 3.06. The molecule has 2 saturated carbocycles. The summed E-state index contributed by atoms with van der Waals surface area (Å²) in [5, 5.41) is 3.66. The summed E-state index contributed by atoms with van der Waals surface area (Å²) in [6, 6.07) is 0.656. The van der Waals surface area contributed by atoms with Crippen LogP contribution in [0.15, 0.2) is 6.20 Å². The topological polar surface area (TPSA) is 29.9 Å². The Labute approximate surface area is 104 Å². The molecule has 0 aromatic carbocycles. The standard InChI is InChI=1S/C14H23N3/c1-11-9-17(10-12-7-8-12)14(15-11)16-13-5-3-2-4-6-13/h9,12-13H,2-8,10H2,1H3,(H,15,16). The van der Waals surface area contributed by atoms with E-state index in [-0.39, 0.29) is 0 Å². The summed E-state index contributed by atoms with van der Waals surface area (Å²) in [6.07, 6.45) is 11.8. The van der Waals surface area contributed by atoms with E-state index in [1.807, 2.05) is 0 Å². The van der Waals surface area contributed by atoms with Gasteiger partial charge < -0.3 is 9.88 Å². The molecule has 3 heteroatoms. The molecule has 0 radical (unpaired) electrons. The Morgan fingerprint density at radius 3 is 2.71 bits per heavy atom. The first-order valence-corrected chi connectivity index (χ1v) is 7.11. The first-order chi connectivity index (χ1) is 8.31. The van der Waals surface area contributed by atoms with Crippen LogP contribution in [0.4, 0.5) is 5.95 Å². The summed E-state index contributed by atoms with van der Waals surface area (Å²) in [5.41, 5.74) is 1.14. The van der Waals surface area contributed by atoms with Gasteiger partial charge in [0.25, 0.3) is 0 Å². The predicted octanol–water partition coefficient (Wildman–Crippen LogP) is 3.35. The maximum atomic E-state index is 4.64. The zero-order valence-corrected chi connectivity index (χ0v) is 10.8. The summed E-state index contributed by atoms with van der Waals surface area (Å²) in [4.78, 5) is 4.64. The van der Waals surface area contributed by atoms with E-state index < -0.39 is 0 Å². The third kappa shape index (κ3) is 2.82. The SMILES string of the molecule is Cc1cn(CC2CC2)c(NC2CCCCC2)n1. The highest BCUT2D eigenvalue weighted by Crippen LogP contribution is 2.32. The molecule has 0 amide bonds. The van der Waals surface area contributed by atoms with Crippen LogP contribution in [0.5, 0.6) is 0 Å². The molecule has 17 heavy (non-hydrogen) atoms. The van der Waals surface area contributed by atoms with Gasteiger partial charge in [-0.05, 0) is 38.5 Å². The Hall–Kier alpha value is -0.990. The van der Waals surface area contributed by atoms with E-state index in [0.717, 1.165) is 24.1 Å². The van der Waals surface area contributed by atoms with Crippen molar-refractivity contribution in [1.82, 2.24) is 9.55 Å². The lowest BCUT2D eigenvalue weighted by molar-refractivity contribution is 0.458. The van der Waals surface area contributed by atoms with Crippen LogP contribution in [-0.4, -0.2) is 15.6 Å². The Bertz CT molecular complexity index is 373. The van der Waals surface area contributed by atoms with Gasteiger partial charge >= 0.3 is 0 Å². The van der Waals surface area contributed by atoms with Crippen molar-refractivity contribution in [2.45, 2.75) is 64.5 Å². The minimum absolute atomic E-state index is 0.656. The van der Waals surface area contributed by atoms with Crippen molar-refractivity contribution in [1.29, 1.82) is 0 Å². The summed E-state index contributed by atoms with van der Waals surface area (Å²) in [5.74, 6) is 2.02. The van der Waals surface area contributed by atoms with Crippen LogP contribution < -0.4 is 5.32 Å². The average molecular weight is 233 g/mol. The highest BCUT2D eigenvalue weighted by atomic mass is 15.2. The summed E-state index contributed by atoms with van der Waals surface area (Å²) < 4.78 is 2.33. The van der Waals surface area contributed by atoms with E-state index >= 15 is 0 Å². The monoisotopic (exact) mass is 233 g/mol. The maximum Gasteiger partial charge on any atom is 0.203 e. The molecule has 0 bridgehead atoms. The fourth-order valence-corrected chi connectivity index (χ4v) is 2.81. The van der Waals surface area contributed by atoms with Crippen molar-refractivity contribution >= 4 is 5.95 Å². The molecule has 0 spiro atoms. The minimum atomic E-state index is 0.656. The van der Waals surface area contributed by atoms with Crippen molar-refractivity contribution in [3.63, 3.8) is 0 Å². The van der Waals surface area contributed by atoms with E-state index in [9.17, 15) is 0 Å². The Morgan fingerprint density at radius 2 is 2.00 bits per heavy atom. The van der Waals surface area contributed by atoms with Crippen molar-refractivity contribution in [2.24, 2.45) is 5.92 Å². The van der Waals surface area contributed by atoms with E-state index in [0.29, 0.717) is 6.04 Å². The van der Waals surface area contributed by atoms with E-state index in [1.165, 1.54) is 44.9 Å². The Kier molecular flexibility index (Phi) is 3.08. The van der Waals surface area contributed by atoms with E-state index in [2.05, 4.69) is 28.0 Å². The van der Waals surface area contributed by atoms with E-state index in [1.54, 1.807) is 0 Å². The molecular weight excluding hydrogens is 210 g/mol. The van der Waals surface area contributed by atoms with Crippen LogP contribution in [0, 0.1) is 12.8 Å². The molecule has 1 aromatic rings. The number of nitrogens with zero attached hydrogens (tertiary/aromatic N) is 2. The number of aryl methyl sites for hydroxylation is 1. The number of nitrogens with one attached hydrogen (secondary N) is 1. The molecule has 3 rings (SSSR count). The lowest BCUT2D eigenvalue weighted by atomic mass is 9.96. The van der Waals surface area contributed by atoms with Crippen LogP contribution in [0.25, 0.3) is 0 Å². The highest BCUT2D eigenvalue weighted by molar-refractivity contribution is 5.30. The van der Waals surface area contributed by atoms with Gasteiger partial charge in [0.15, 0.2) is 0 Å². The number of imidazole rings is 1. The molecule has 1 N–H and O–H groups in total. The van der Waals surface area contributed by atoms with Crippen LogP contribution in [0.2, 0.25) is 0 Å². The summed E-state index contributed by atoms with van der Waals surface area (Å²) in [6.45, 7) is 3.26. The van der Waals surface area contributed by atoms with Crippen LogP contribution >= 0.6 is 0 Å². The number of anilines is 1. The molecule has 0 unspecified atom stereocenters. The number of rotatable bonds is 4. The molecule has 3 nitrogen and oxygen atoms in total. The molecule has 1 aromatic heterocycles. The second-order valence-electron chi connectivity index (χ2n) is 5.78. The van der Waals surface area contributed by atoms with Gasteiger partial charge in [-0.2, -0.15) is 0 Å². The normalized spacial score (nSPS) is 21.7. The van der Waals surface area contributed by atoms with Crippen molar-refractivity contribution in [3.05, 3.63) is 11.9 Å². The van der Waals surface area contributed by atoms with Gasteiger partial charge in [-0.25, -0.2) is 4.98 Å². The molecule has 0 atom stereocenters. The smallest absolute Gasteiger partial charge is 0.203 e. The number of aromatic nitrogens is 2. The molecule has 2 aliphatic carbocycles. The summed E-state index contributed by atoms with van der Waals surface area (Å²) >= 11 is 0. The van der Waals surface area contributed by atoms with Gasteiger partial charge in [0.1, 0.15) is 0 Å². The number of hydrogen-bond donors (Lipinski definition) is 1. The second-order valence-corrected chi connectivity index (χ2v) is 5.78. The molecule has 2 aliphatic rings. The van der Waals surface area contributed by atoms with Crippen LogP contribution in [0.1, 0.15) is 50.6 Å². The quantitative estimate of drug-likeness (QED) is 0.864. The fraction of sp³-hybridized carbons (Fsp3) is 0.786. The molecule has 1 heterocycles. The van der Waals surface area contributed by atoms with Crippen molar-refractivity contribution in [2.75, 3.05) is 5.32 Å². The molecule has 0 aliphatic heterocycles. The van der Waals surface area contributed by atoms with E-state index in [4.69, 9.17) is 0 Å². The predicted molar refractivity (Wildman–Crippen MR) is 70.2 cm³/mol. The largest absolute Gasteiger partial charge is 0.353 e. The van der Waals surface area contributed by atoms with Crippen LogP contribution in [0.3, 0.4) is 0 Å². The minimum Gasteiger partial charge on any atom is -0.353 e. The lowest BCUT2D eigenvalue weighted by Gasteiger charge is -2.23. The lowest BCUT2D eigenvalue weighted by Crippen LogP contribution is -2.24. The van der Waals surface area contributed by atoms with Gasteiger partial charge in [0.05, 0.1) is 5.69 Å².